The van der Waals surface area contributed by atoms with Crippen molar-refractivity contribution in [2.24, 2.45) is 0 Å². The van der Waals surface area contributed by atoms with E-state index in [1.165, 1.54) is 48.9 Å². The van der Waals surface area contributed by atoms with Gasteiger partial charge in [0.1, 0.15) is 0 Å². The lowest BCUT2D eigenvalue weighted by atomic mass is 10.2. The molecule has 0 aromatic heterocycles. The standard InChI is InChI=1S/C14H22N2S.ClH/c1-13-3-5-14(6-4-13)17-12-11-16-9-7-15(2)8-10-16;/h3-6H,7-12H2,1-2H3;1H/p-1. The highest BCUT2D eigenvalue weighted by Crippen LogP contribution is 2.18. The minimum Gasteiger partial charge on any atom is -1.00 e. The summed E-state index contributed by atoms with van der Waals surface area (Å²) in [4.78, 5) is 6.37. The lowest BCUT2D eigenvalue weighted by molar-refractivity contribution is -0.00000359. The van der Waals surface area contributed by atoms with Crippen molar-refractivity contribution in [2.45, 2.75) is 11.8 Å². The second-order valence-electron chi connectivity index (χ2n) is 4.81. The molecule has 1 aromatic rings. The molecular weight excluding hydrogens is 264 g/mol. The zero-order valence-electron chi connectivity index (χ0n) is 11.2. The molecule has 0 unspecified atom stereocenters. The van der Waals surface area contributed by atoms with Crippen LogP contribution in [0.15, 0.2) is 29.2 Å². The van der Waals surface area contributed by atoms with E-state index in [0.29, 0.717) is 0 Å². The first kappa shape index (κ1) is 15.8. The van der Waals surface area contributed by atoms with Gasteiger partial charge in [-0.1, -0.05) is 17.7 Å². The molecule has 1 aromatic carbocycles. The van der Waals surface area contributed by atoms with Crippen LogP contribution in [0.1, 0.15) is 5.56 Å². The molecule has 0 amide bonds. The second kappa shape index (κ2) is 8.05. The number of hydrogen-bond acceptors (Lipinski definition) is 3. The third-order valence-corrected chi connectivity index (χ3v) is 4.29. The molecule has 1 fully saturated rings. The molecule has 1 saturated heterocycles. The number of halogens is 1. The van der Waals surface area contributed by atoms with Gasteiger partial charge in [-0.2, -0.15) is 0 Å². The van der Waals surface area contributed by atoms with Gasteiger partial charge in [0.05, 0.1) is 0 Å². The van der Waals surface area contributed by atoms with Crippen LogP contribution >= 0.6 is 11.8 Å². The van der Waals surface area contributed by atoms with Gasteiger partial charge in [-0.3, -0.25) is 4.90 Å². The zero-order chi connectivity index (χ0) is 12.1. The average molecular weight is 286 g/mol. The highest BCUT2D eigenvalue weighted by atomic mass is 35.5. The Balaban J connectivity index is 0.00000162. The fourth-order valence-corrected chi connectivity index (χ4v) is 2.91. The normalized spacial score (nSPS) is 17.4. The fourth-order valence-electron chi connectivity index (χ4n) is 2.00. The SMILES string of the molecule is Cc1ccc(SCCN2CCN(C)CC2)cc1.[Cl-]. The van der Waals surface area contributed by atoms with Crippen molar-refractivity contribution in [1.29, 1.82) is 0 Å². The lowest BCUT2D eigenvalue weighted by Crippen LogP contribution is -3.00. The van der Waals surface area contributed by atoms with Crippen molar-refractivity contribution in [2.75, 3.05) is 45.5 Å². The Kier molecular flexibility index (Phi) is 7.08. The molecule has 0 N–H and O–H groups in total. The predicted molar refractivity (Wildman–Crippen MR) is 75.8 cm³/mol. The van der Waals surface area contributed by atoms with Crippen LogP contribution in [0, 0.1) is 6.92 Å². The van der Waals surface area contributed by atoms with E-state index in [-0.39, 0.29) is 12.4 Å². The van der Waals surface area contributed by atoms with Gasteiger partial charge >= 0.3 is 0 Å². The Morgan fingerprint density at radius 3 is 2.28 bits per heavy atom. The molecule has 0 aliphatic carbocycles. The van der Waals surface area contributed by atoms with Gasteiger partial charge in [-0.15, -0.1) is 11.8 Å². The highest BCUT2D eigenvalue weighted by molar-refractivity contribution is 7.99. The molecule has 0 radical (unpaired) electrons. The van der Waals surface area contributed by atoms with Crippen LogP contribution in [0.5, 0.6) is 0 Å². The van der Waals surface area contributed by atoms with Gasteiger partial charge < -0.3 is 17.3 Å². The summed E-state index contributed by atoms with van der Waals surface area (Å²) >= 11 is 1.97. The maximum atomic E-state index is 2.57. The highest BCUT2D eigenvalue weighted by Gasteiger charge is 2.12. The fraction of sp³-hybridized carbons (Fsp3) is 0.571. The Hall–Kier alpha value is -0.220. The number of piperazine rings is 1. The smallest absolute Gasteiger partial charge is 0.0110 e. The molecule has 2 nitrogen and oxygen atoms in total. The minimum absolute atomic E-state index is 0. The van der Waals surface area contributed by atoms with Crippen molar-refractivity contribution in [1.82, 2.24) is 9.80 Å². The van der Waals surface area contributed by atoms with Gasteiger partial charge in [0, 0.05) is 43.4 Å². The Labute approximate surface area is 121 Å². The molecule has 2 rings (SSSR count). The first-order valence-electron chi connectivity index (χ1n) is 6.34. The van der Waals surface area contributed by atoms with E-state index >= 15 is 0 Å². The van der Waals surface area contributed by atoms with Crippen LogP contribution in [0.3, 0.4) is 0 Å². The molecule has 4 heteroatoms. The molecule has 1 aliphatic heterocycles. The number of hydrogen-bond donors (Lipinski definition) is 0. The summed E-state index contributed by atoms with van der Waals surface area (Å²) in [5.74, 6) is 1.20. The van der Waals surface area contributed by atoms with Crippen molar-refractivity contribution >= 4 is 11.8 Å². The van der Waals surface area contributed by atoms with Crippen molar-refractivity contribution < 1.29 is 12.4 Å². The summed E-state index contributed by atoms with van der Waals surface area (Å²) in [7, 11) is 2.21. The zero-order valence-corrected chi connectivity index (χ0v) is 12.8. The van der Waals surface area contributed by atoms with Crippen molar-refractivity contribution in [3.63, 3.8) is 0 Å². The molecule has 18 heavy (non-hydrogen) atoms. The summed E-state index contributed by atoms with van der Waals surface area (Å²) in [6.45, 7) is 8.24. The van der Waals surface area contributed by atoms with Gasteiger partial charge in [-0.25, -0.2) is 0 Å². The van der Waals surface area contributed by atoms with E-state index < -0.39 is 0 Å². The maximum Gasteiger partial charge on any atom is 0.0110 e. The number of aryl methyl sites for hydroxylation is 1. The molecule has 0 saturated carbocycles. The molecule has 0 spiro atoms. The summed E-state index contributed by atoms with van der Waals surface area (Å²) in [5, 5.41) is 0. The topological polar surface area (TPSA) is 6.48 Å². The monoisotopic (exact) mass is 285 g/mol. The van der Waals surface area contributed by atoms with Crippen LogP contribution < -0.4 is 12.4 Å². The van der Waals surface area contributed by atoms with E-state index in [1.54, 1.807) is 0 Å². The van der Waals surface area contributed by atoms with E-state index in [0.717, 1.165) is 0 Å². The summed E-state index contributed by atoms with van der Waals surface area (Å²) in [6.07, 6.45) is 0. The molecule has 1 aliphatic rings. The number of thioether (sulfide) groups is 1. The lowest BCUT2D eigenvalue weighted by Gasteiger charge is -2.32. The van der Waals surface area contributed by atoms with Crippen LogP contribution in [0.2, 0.25) is 0 Å². The number of benzene rings is 1. The Morgan fingerprint density at radius 2 is 1.67 bits per heavy atom. The van der Waals surface area contributed by atoms with Crippen LogP contribution in [-0.2, 0) is 0 Å². The third-order valence-electron chi connectivity index (χ3n) is 3.29. The number of likely N-dealkylation sites (N-methyl/N-ethyl adjacent to an activating group) is 1. The third kappa shape index (κ3) is 5.19. The molecule has 1 heterocycles. The van der Waals surface area contributed by atoms with Crippen LogP contribution in [0.25, 0.3) is 0 Å². The molecule has 0 bridgehead atoms. The first-order valence-corrected chi connectivity index (χ1v) is 7.33. The summed E-state index contributed by atoms with van der Waals surface area (Å²) in [5.41, 5.74) is 1.34. The van der Waals surface area contributed by atoms with Gasteiger partial charge in [-0.05, 0) is 26.1 Å². The Morgan fingerprint density at radius 1 is 1.06 bits per heavy atom. The maximum absolute atomic E-state index is 2.57. The molecular formula is C14H22ClN2S-. The number of nitrogens with zero attached hydrogens (tertiary/aromatic N) is 2. The van der Waals surface area contributed by atoms with Crippen molar-refractivity contribution in [3.8, 4) is 0 Å². The quantitative estimate of drug-likeness (QED) is 0.678. The largest absolute Gasteiger partial charge is 1.00 e. The van der Waals surface area contributed by atoms with Gasteiger partial charge in [0.15, 0.2) is 0 Å². The van der Waals surface area contributed by atoms with E-state index in [2.05, 4.69) is 48.0 Å². The molecule has 102 valence electrons. The second-order valence-corrected chi connectivity index (χ2v) is 5.97. The number of rotatable bonds is 4. The first-order chi connectivity index (χ1) is 8.24. The summed E-state index contributed by atoms with van der Waals surface area (Å²) in [6, 6.07) is 8.84. The summed E-state index contributed by atoms with van der Waals surface area (Å²) < 4.78 is 0. The van der Waals surface area contributed by atoms with Crippen molar-refractivity contribution in [3.05, 3.63) is 29.8 Å². The van der Waals surface area contributed by atoms with E-state index in [1.807, 2.05) is 11.8 Å². The van der Waals surface area contributed by atoms with E-state index in [9.17, 15) is 0 Å². The molecule has 0 atom stereocenters. The van der Waals surface area contributed by atoms with E-state index in [4.69, 9.17) is 0 Å². The van der Waals surface area contributed by atoms with Gasteiger partial charge in [0.2, 0.25) is 0 Å². The average Bonchev–Trinajstić information content (AvgIpc) is 2.34. The van der Waals surface area contributed by atoms with Crippen LogP contribution in [0.4, 0.5) is 0 Å². The predicted octanol–water partition coefficient (Wildman–Crippen LogP) is -0.661. The Bertz CT molecular complexity index is 334. The van der Waals surface area contributed by atoms with Gasteiger partial charge in [0.25, 0.3) is 0 Å². The minimum atomic E-state index is 0. The van der Waals surface area contributed by atoms with Crippen LogP contribution in [-0.4, -0.2) is 55.3 Å².